The van der Waals surface area contributed by atoms with Crippen LogP contribution in [0.5, 0.6) is 0 Å². The van der Waals surface area contributed by atoms with Gasteiger partial charge in [-0.05, 0) is 52.4 Å². The molecule has 3 N–H and O–H groups in total. The number of aliphatic hydroxyl groups excluding tert-OH is 3. The molecule has 2 fully saturated rings. The third kappa shape index (κ3) is 9.42. The first-order valence-corrected chi connectivity index (χ1v) is 15.2. The molecule has 0 aliphatic carbocycles. The van der Waals surface area contributed by atoms with E-state index in [1.54, 1.807) is 0 Å². The van der Waals surface area contributed by atoms with Crippen LogP contribution in [0.15, 0.2) is 12.7 Å². The minimum Gasteiger partial charge on any atom is -0.460 e. The SMILES string of the molecule is C=CC(=O)OCCOCC1OC(OC(C)(C)C2(CC)CCC(OC(C)C)OC2COCCO)C(O)C(O)C1C(C)(C)C. The van der Waals surface area contributed by atoms with E-state index in [0.717, 1.165) is 6.08 Å². The number of esters is 1. The Morgan fingerprint density at radius 2 is 1.71 bits per heavy atom. The summed E-state index contributed by atoms with van der Waals surface area (Å²) in [5.41, 5.74) is -1.89. The number of carbonyl (C=O) groups excluding carboxylic acids is 1. The fourth-order valence-electron chi connectivity index (χ4n) is 6.40. The molecular formula is C31H56O11. The Bertz CT molecular complexity index is 826. The van der Waals surface area contributed by atoms with Crippen LogP contribution in [0.2, 0.25) is 0 Å². The first-order chi connectivity index (χ1) is 19.6. The van der Waals surface area contributed by atoms with Gasteiger partial charge >= 0.3 is 5.97 Å². The van der Waals surface area contributed by atoms with E-state index in [0.29, 0.717) is 19.3 Å². The molecule has 8 atom stereocenters. The Hall–Kier alpha value is -1.15. The van der Waals surface area contributed by atoms with Gasteiger partial charge in [-0.3, -0.25) is 0 Å². The number of rotatable bonds is 16. The Morgan fingerprint density at radius 3 is 2.29 bits per heavy atom. The Morgan fingerprint density at radius 1 is 1.05 bits per heavy atom. The van der Waals surface area contributed by atoms with E-state index in [1.165, 1.54) is 0 Å². The van der Waals surface area contributed by atoms with Crippen molar-refractivity contribution < 1.29 is 53.3 Å². The number of hydrogen-bond acceptors (Lipinski definition) is 11. The summed E-state index contributed by atoms with van der Waals surface area (Å²) in [5, 5.41) is 31.9. The molecule has 8 unspecified atom stereocenters. The van der Waals surface area contributed by atoms with Gasteiger partial charge in [-0.25, -0.2) is 4.79 Å². The van der Waals surface area contributed by atoms with Crippen molar-refractivity contribution in [1.82, 2.24) is 0 Å². The molecule has 2 heterocycles. The van der Waals surface area contributed by atoms with E-state index in [4.69, 9.17) is 33.2 Å². The molecule has 246 valence electrons. The largest absolute Gasteiger partial charge is 0.460 e. The summed E-state index contributed by atoms with van der Waals surface area (Å²) in [5.74, 6) is -0.995. The van der Waals surface area contributed by atoms with Crippen LogP contribution < -0.4 is 0 Å². The van der Waals surface area contributed by atoms with Crippen molar-refractivity contribution in [3.05, 3.63) is 12.7 Å². The first-order valence-electron chi connectivity index (χ1n) is 15.2. The lowest BCUT2D eigenvalue weighted by Gasteiger charge is -2.56. The topological polar surface area (TPSA) is 142 Å². The molecular weight excluding hydrogens is 548 g/mol. The van der Waals surface area contributed by atoms with E-state index in [1.807, 2.05) is 48.5 Å². The Balaban J connectivity index is 2.27. The average Bonchev–Trinajstić information content (AvgIpc) is 2.90. The highest BCUT2D eigenvalue weighted by molar-refractivity contribution is 5.81. The van der Waals surface area contributed by atoms with Crippen molar-refractivity contribution in [3.63, 3.8) is 0 Å². The lowest BCUT2D eigenvalue weighted by Crippen LogP contribution is -2.64. The summed E-state index contributed by atoms with van der Waals surface area (Å²) >= 11 is 0. The Kier molecular flexibility index (Phi) is 14.3. The van der Waals surface area contributed by atoms with Gasteiger partial charge in [0.05, 0.1) is 63.1 Å². The molecule has 2 aliphatic heterocycles. The molecule has 0 aromatic heterocycles. The van der Waals surface area contributed by atoms with Crippen molar-refractivity contribution in [2.75, 3.05) is 39.6 Å². The van der Waals surface area contributed by atoms with Gasteiger partial charge in [-0.15, -0.1) is 0 Å². The van der Waals surface area contributed by atoms with Gasteiger partial charge in [0.1, 0.15) is 12.7 Å². The molecule has 2 aliphatic rings. The lowest BCUT2D eigenvalue weighted by molar-refractivity contribution is -0.356. The summed E-state index contributed by atoms with van der Waals surface area (Å²) in [6, 6.07) is 0. The zero-order valence-electron chi connectivity index (χ0n) is 26.9. The van der Waals surface area contributed by atoms with Crippen LogP contribution in [0, 0.1) is 16.7 Å². The number of aliphatic hydroxyl groups is 3. The Labute approximate surface area is 251 Å². The maximum atomic E-state index is 11.3. The molecule has 0 aromatic rings. The third-order valence-corrected chi connectivity index (χ3v) is 8.55. The van der Waals surface area contributed by atoms with E-state index in [2.05, 4.69) is 13.5 Å². The second-order valence-corrected chi connectivity index (χ2v) is 13.1. The predicted octanol–water partition coefficient (Wildman–Crippen LogP) is 2.97. The number of hydrogen-bond donors (Lipinski definition) is 3. The molecule has 11 nitrogen and oxygen atoms in total. The second-order valence-electron chi connectivity index (χ2n) is 13.1. The molecule has 0 spiro atoms. The zero-order valence-corrected chi connectivity index (χ0v) is 26.9. The smallest absolute Gasteiger partial charge is 0.330 e. The van der Waals surface area contributed by atoms with Crippen molar-refractivity contribution >= 4 is 5.97 Å². The summed E-state index contributed by atoms with van der Waals surface area (Å²) < 4.78 is 41.9. The number of carbonyl (C=O) groups is 1. The summed E-state index contributed by atoms with van der Waals surface area (Å²) in [6.07, 6.45) is -1.93. The van der Waals surface area contributed by atoms with Crippen LogP contribution >= 0.6 is 0 Å². The summed E-state index contributed by atoms with van der Waals surface area (Å²) in [4.78, 5) is 11.3. The second kappa shape index (κ2) is 16.2. The molecule has 0 radical (unpaired) electrons. The summed E-state index contributed by atoms with van der Waals surface area (Å²) in [7, 11) is 0. The van der Waals surface area contributed by atoms with Gasteiger partial charge in [0, 0.05) is 17.4 Å². The van der Waals surface area contributed by atoms with Gasteiger partial charge in [0.2, 0.25) is 0 Å². The van der Waals surface area contributed by atoms with Crippen molar-refractivity contribution in [1.29, 1.82) is 0 Å². The zero-order chi connectivity index (χ0) is 31.7. The monoisotopic (exact) mass is 604 g/mol. The van der Waals surface area contributed by atoms with Crippen LogP contribution in [0.1, 0.15) is 74.7 Å². The highest BCUT2D eigenvalue weighted by Crippen LogP contribution is 2.51. The molecule has 2 rings (SSSR count). The highest BCUT2D eigenvalue weighted by Gasteiger charge is 2.57. The minimum atomic E-state index is -1.31. The van der Waals surface area contributed by atoms with Gasteiger partial charge in [0.25, 0.3) is 0 Å². The fraction of sp³-hybridized carbons (Fsp3) is 0.903. The fourth-order valence-corrected chi connectivity index (χ4v) is 6.40. The molecule has 11 heteroatoms. The van der Waals surface area contributed by atoms with Gasteiger partial charge in [-0.2, -0.15) is 0 Å². The normalized spacial score (nSPS) is 32.6. The quantitative estimate of drug-likeness (QED) is 0.136. The summed E-state index contributed by atoms with van der Waals surface area (Å²) in [6.45, 7) is 19.8. The standard InChI is InChI=1S/C31H56O11/c1-10-23(33)38-17-16-37-18-21-25(29(5,6)7)26(34)27(35)28(40-21)42-30(8,9)31(11-2)13-12-24(39-20(3)4)41-22(31)19-36-15-14-32/h10,20-22,24-28,32,34-35H,1,11-19H2,2-9H3. The molecule has 0 bridgehead atoms. The molecule has 0 saturated carbocycles. The molecule has 0 amide bonds. The van der Waals surface area contributed by atoms with Crippen LogP contribution in [0.3, 0.4) is 0 Å². The van der Waals surface area contributed by atoms with E-state index in [-0.39, 0.29) is 45.7 Å². The maximum Gasteiger partial charge on any atom is 0.330 e. The van der Waals surface area contributed by atoms with Gasteiger partial charge in [-0.1, -0.05) is 34.3 Å². The molecule has 0 aromatic carbocycles. The average molecular weight is 605 g/mol. The lowest BCUT2D eigenvalue weighted by atomic mass is 9.63. The van der Waals surface area contributed by atoms with Crippen LogP contribution in [0.25, 0.3) is 0 Å². The number of ether oxygens (including phenoxy) is 7. The van der Waals surface area contributed by atoms with Crippen LogP contribution in [-0.4, -0.2) is 110 Å². The van der Waals surface area contributed by atoms with Gasteiger partial charge in [0.15, 0.2) is 12.6 Å². The maximum absolute atomic E-state index is 11.3. The van der Waals surface area contributed by atoms with E-state index < -0.39 is 65.3 Å². The predicted molar refractivity (Wildman–Crippen MR) is 156 cm³/mol. The van der Waals surface area contributed by atoms with Crippen LogP contribution in [0.4, 0.5) is 0 Å². The van der Waals surface area contributed by atoms with Crippen molar-refractivity contribution in [3.8, 4) is 0 Å². The van der Waals surface area contributed by atoms with E-state index in [9.17, 15) is 20.1 Å². The van der Waals surface area contributed by atoms with Crippen LogP contribution in [-0.2, 0) is 38.0 Å². The van der Waals surface area contributed by atoms with Crippen molar-refractivity contribution in [2.24, 2.45) is 16.7 Å². The van der Waals surface area contributed by atoms with Gasteiger partial charge < -0.3 is 48.5 Å². The first kappa shape index (κ1) is 37.0. The minimum absolute atomic E-state index is 0.0105. The molecule has 42 heavy (non-hydrogen) atoms. The highest BCUT2D eigenvalue weighted by atomic mass is 16.7. The van der Waals surface area contributed by atoms with E-state index >= 15 is 0 Å². The third-order valence-electron chi connectivity index (χ3n) is 8.55. The molecule has 2 saturated heterocycles. The van der Waals surface area contributed by atoms with Crippen molar-refractivity contribution in [2.45, 2.75) is 123 Å².